The van der Waals surface area contributed by atoms with E-state index in [0.29, 0.717) is 5.41 Å². The lowest BCUT2D eigenvalue weighted by Crippen LogP contribution is -2.22. The van der Waals surface area contributed by atoms with Gasteiger partial charge in [-0.1, -0.05) is 46.5 Å². The van der Waals surface area contributed by atoms with Crippen LogP contribution in [0.4, 0.5) is 5.95 Å². The molecule has 0 amide bonds. The van der Waals surface area contributed by atoms with E-state index in [-0.39, 0.29) is 0 Å². The summed E-state index contributed by atoms with van der Waals surface area (Å²) in [5.74, 6) is 1.05. The summed E-state index contributed by atoms with van der Waals surface area (Å²) in [6.45, 7) is 7.03. The predicted octanol–water partition coefficient (Wildman–Crippen LogP) is 4.42. The highest BCUT2D eigenvalue weighted by Crippen LogP contribution is 2.34. The lowest BCUT2D eigenvalue weighted by Gasteiger charge is -2.30. The summed E-state index contributed by atoms with van der Waals surface area (Å²) in [5.41, 5.74) is 1.78. The van der Waals surface area contributed by atoms with Gasteiger partial charge < -0.3 is 9.47 Å². The molecule has 0 bridgehead atoms. The Morgan fingerprint density at radius 2 is 1.70 bits per heavy atom. The third kappa shape index (κ3) is 4.53. The maximum Gasteiger partial charge on any atom is 0.204 e. The first kappa shape index (κ1) is 17.1. The third-order valence-electron chi connectivity index (χ3n) is 4.34. The second kappa shape index (κ2) is 7.70. The van der Waals surface area contributed by atoms with Gasteiger partial charge in [0.25, 0.3) is 0 Å². The standard InChI is InChI=1S/C17H33N3/c1-7-9-11-17(3,12-10-8-2)13-15-14-18-16(19(4)5)20(15)6/h14H,7-13H2,1-6H3. The second-order valence-corrected chi connectivity index (χ2v) is 6.70. The highest BCUT2D eigenvalue weighted by Gasteiger charge is 2.25. The van der Waals surface area contributed by atoms with Gasteiger partial charge in [0, 0.05) is 26.8 Å². The molecule has 0 unspecified atom stereocenters. The SMILES string of the molecule is CCCCC(C)(CCCC)Cc1cnc(N(C)C)n1C. The molecule has 0 fully saturated rings. The van der Waals surface area contributed by atoms with Crippen LogP contribution in [0.5, 0.6) is 0 Å². The number of aromatic nitrogens is 2. The summed E-state index contributed by atoms with van der Waals surface area (Å²) in [7, 11) is 6.25. The minimum absolute atomic E-state index is 0.420. The first-order valence-corrected chi connectivity index (χ1v) is 8.11. The normalized spacial score (nSPS) is 11.9. The van der Waals surface area contributed by atoms with Crippen LogP contribution in [0.25, 0.3) is 0 Å². The van der Waals surface area contributed by atoms with Crippen molar-refractivity contribution in [3.8, 4) is 0 Å². The van der Waals surface area contributed by atoms with Crippen molar-refractivity contribution in [3.63, 3.8) is 0 Å². The molecule has 0 spiro atoms. The summed E-state index contributed by atoms with van der Waals surface area (Å²) in [5, 5.41) is 0. The van der Waals surface area contributed by atoms with Gasteiger partial charge in [-0.2, -0.15) is 0 Å². The number of unbranched alkanes of at least 4 members (excludes halogenated alkanes) is 2. The molecule has 0 saturated heterocycles. The summed E-state index contributed by atoms with van der Waals surface area (Å²) in [6.07, 6.45) is 11.1. The van der Waals surface area contributed by atoms with E-state index in [0.717, 1.165) is 12.4 Å². The average molecular weight is 279 g/mol. The first-order chi connectivity index (χ1) is 9.43. The van der Waals surface area contributed by atoms with Gasteiger partial charge in [0.2, 0.25) is 5.95 Å². The van der Waals surface area contributed by atoms with E-state index in [1.807, 2.05) is 0 Å². The molecule has 1 aromatic heterocycles. The van der Waals surface area contributed by atoms with Gasteiger partial charge >= 0.3 is 0 Å². The highest BCUT2D eigenvalue weighted by atomic mass is 15.3. The van der Waals surface area contributed by atoms with Gasteiger partial charge in [-0.15, -0.1) is 0 Å². The Kier molecular flexibility index (Phi) is 6.57. The van der Waals surface area contributed by atoms with Crippen LogP contribution in [-0.4, -0.2) is 23.6 Å². The lowest BCUT2D eigenvalue weighted by molar-refractivity contribution is 0.249. The van der Waals surface area contributed by atoms with Crippen LogP contribution in [0.15, 0.2) is 6.20 Å². The van der Waals surface area contributed by atoms with Gasteiger partial charge in [0.1, 0.15) is 0 Å². The Bertz CT molecular complexity index is 385. The molecular formula is C17H33N3. The number of nitrogens with zero attached hydrogens (tertiary/aromatic N) is 3. The van der Waals surface area contributed by atoms with Crippen molar-refractivity contribution in [1.29, 1.82) is 0 Å². The molecule has 20 heavy (non-hydrogen) atoms. The number of hydrogen-bond acceptors (Lipinski definition) is 2. The largest absolute Gasteiger partial charge is 0.348 e. The van der Waals surface area contributed by atoms with Crippen LogP contribution in [0.2, 0.25) is 0 Å². The Morgan fingerprint density at radius 1 is 1.15 bits per heavy atom. The maximum absolute atomic E-state index is 4.55. The van der Waals surface area contributed by atoms with Gasteiger partial charge in [-0.05, 0) is 24.7 Å². The molecule has 0 saturated carbocycles. The monoisotopic (exact) mass is 279 g/mol. The molecule has 1 aromatic rings. The zero-order chi connectivity index (χ0) is 15.2. The zero-order valence-corrected chi connectivity index (χ0v) is 14.4. The topological polar surface area (TPSA) is 21.1 Å². The number of imidazole rings is 1. The Morgan fingerprint density at radius 3 is 2.10 bits per heavy atom. The molecule has 116 valence electrons. The molecule has 3 nitrogen and oxygen atoms in total. The Labute approximate surface area is 125 Å². The van der Waals surface area contributed by atoms with Crippen molar-refractivity contribution in [2.75, 3.05) is 19.0 Å². The second-order valence-electron chi connectivity index (χ2n) is 6.70. The fourth-order valence-corrected chi connectivity index (χ4v) is 2.96. The van der Waals surface area contributed by atoms with E-state index in [9.17, 15) is 0 Å². The van der Waals surface area contributed by atoms with Crippen molar-refractivity contribution in [3.05, 3.63) is 11.9 Å². The first-order valence-electron chi connectivity index (χ1n) is 8.11. The predicted molar refractivity (Wildman–Crippen MR) is 88.4 cm³/mol. The van der Waals surface area contributed by atoms with E-state index >= 15 is 0 Å². The molecule has 0 N–H and O–H groups in total. The van der Waals surface area contributed by atoms with Crippen molar-refractivity contribution in [1.82, 2.24) is 9.55 Å². The number of hydrogen-bond donors (Lipinski definition) is 0. The van der Waals surface area contributed by atoms with E-state index in [1.54, 1.807) is 0 Å². The van der Waals surface area contributed by atoms with Crippen LogP contribution in [-0.2, 0) is 13.5 Å². The van der Waals surface area contributed by atoms with Gasteiger partial charge in [-0.25, -0.2) is 4.98 Å². The van der Waals surface area contributed by atoms with Gasteiger partial charge in [-0.3, -0.25) is 0 Å². The average Bonchev–Trinajstić information content (AvgIpc) is 2.76. The van der Waals surface area contributed by atoms with Crippen LogP contribution in [0, 0.1) is 5.41 Å². The number of rotatable bonds is 9. The molecule has 1 rings (SSSR count). The van der Waals surface area contributed by atoms with Crippen molar-refractivity contribution >= 4 is 5.95 Å². The minimum Gasteiger partial charge on any atom is -0.348 e. The summed E-state index contributed by atoms with van der Waals surface area (Å²) >= 11 is 0. The van der Waals surface area contributed by atoms with Gasteiger partial charge in [0.15, 0.2) is 0 Å². The molecule has 0 atom stereocenters. The molecule has 0 radical (unpaired) electrons. The molecule has 3 heteroatoms. The maximum atomic E-state index is 4.55. The van der Waals surface area contributed by atoms with Crippen molar-refractivity contribution < 1.29 is 0 Å². The smallest absolute Gasteiger partial charge is 0.204 e. The Balaban J connectivity index is 2.83. The van der Waals surface area contributed by atoms with Crippen LogP contribution < -0.4 is 4.90 Å². The molecule has 0 aliphatic rings. The minimum atomic E-state index is 0.420. The quantitative estimate of drug-likeness (QED) is 0.667. The molecule has 0 aromatic carbocycles. The Hall–Kier alpha value is -0.990. The van der Waals surface area contributed by atoms with Crippen molar-refractivity contribution in [2.24, 2.45) is 12.5 Å². The zero-order valence-electron chi connectivity index (χ0n) is 14.4. The molecule has 0 aliphatic heterocycles. The summed E-state index contributed by atoms with van der Waals surface area (Å²) < 4.78 is 2.25. The van der Waals surface area contributed by atoms with E-state index in [4.69, 9.17) is 0 Å². The van der Waals surface area contributed by atoms with Crippen LogP contribution in [0.1, 0.15) is 65.0 Å². The van der Waals surface area contributed by atoms with E-state index < -0.39 is 0 Å². The van der Waals surface area contributed by atoms with Crippen molar-refractivity contribution in [2.45, 2.75) is 65.7 Å². The fourth-order valence-electron chi connectivity index (χ4n) is 2.96. The summed E-state index contributed by atoms with van der Waals surface area (Å²) in [6, 6.07) is 0. The highest BCUT2D eigenvalue weighted by molar-refractivity contribution is 5.31. The lowest BCUT2D eigenvalue weighted by atomic mass is 9.76. The third-order valence-corrected chi connectivity index (χ3v) is 4.34. The fraction of sp³-hybridized carbons (Fsp3) is 0.824. The molecule has 0 aliphatic carbocycles. The van der Waals surface area contributed by atoms with Crippen LogP contribution >= 0.6 is 0 Å². The van der Waals surface area contributed by atoms with Crippen LogP contribution in [0.3, 0.4) is 0 Å². The van der Waals surface area contributed by atoms with Gasteiger partial charge in [0.05, 0.1) is 6.20 Å². The summed E-state index contributed by atoms with van der Waals surface area (Å²) in [4.78, 5) is 6.63. The van der Waals surface area contributed by atoms with E-state index in [2.05, 4.69) is 62.6 Å². The number of anilines is 1. The van der Waals surface area contributed by atoms with E-state index in [1.165, 1.54) is 44.2 Å². The molecular weight excluding hydrogens is 246 g/mol. The molecule has 1 heterocycles.